The Bertz CT molecular complexity index is 1340. The van der Waals surface area contributed by atoms with Gasteiger partial charge >= 0.3 is 0 Å². The Kier molecular flexibility index (Phi) is 4.82. The molecule has 5 rings (SSSR count). The van der Waals surface area contributed by atoms with Crippen molar-refractivity contribution in [2.24, 2.45) is 0 Å². The summed E-state index contributed by atoms with van der Waals surface area (Å²) in [6.07, 6.45) is 3.17. The van der Waals surface area contributed by atoms with E-state index in [2.05, 4.69) is 10.1 Å². The molecule has 2 aromatic heterocycles. The molecule has 0 N–H and O–H groups in total. The van der Waals surface area contributed by atoms with E-state index >= 15 is 0 Å². The third-order valence-electron chi connectivity index (χ3n) is 5.69. The molecule has 1 aliphatic heterocycles. The molecule has 7 nitrogen and oxygen atoms in total. The predicted octanol–water partition coefficient (Wildman–Crippen LogP) is 4.25. The van der Waals surface area contributed by atoms with Gasteiger partial charge in [0.15, 0.2) is 0 Å². The molecule has 1 unspecified atom stereocenters. The average Bonchev–Trinajstić information content (AvgIpc) is 3.23. The molecular formula is C23H19ClN4O3. The summed E-state index contributed by atoms with van der Waals surface area (Å²) in [7, 11) is 0. The Hall–Kier alpha value is -3.45. The fourth-order valence-electron chi connectivity index (χ4n) is 4.05. The van der Waals surface area contributed by atoms with E-state index in [1.165, 1.54) is 10.9 Å². The SMILES string of the molecule is CC(C(=O)N1CCCc2ccccc21)n1cnc2onc(-c3ccc(Cl)cc3)c2c1=O. The minimum atomic E-state index is -0.733. The van der Waals surface area contributed by atoms with Gasteiger partial charge in [-0.2, -0.15) is 0 Å². The summed E-state index contributed by atoms with van der Waals surface area (Å²) >= 11 is 5.97. The molecule has 0 aliphatic carbocycles. The number of rotatable bonds is 3. The molecule has 0 saturated carbocycles. The van der Waals surface area contributed by atoms with Crippen LogP contribution in [0.3, 0.4) is 0 Å². The van der Waals surface area contributed by atoms with Crippen LogP contribution in [0.1, 0.15) is 24.9 Å². The van der Waals surface area contributed by atoms with Crippen molar-refractivity contribution in [1.82, 2.24) is 14.7 Å². The average molecular weight is 435 g/mol. The predicted molar refractivity (Wildman–Crippen MR) is 118 cm³/mol. The lowest BCUT2D eigenvalue weighted by molar-refractivity contribution is -0.121. The number of hydrogen-bond donors (Lipinski definition) is 0. The highest BCUT2D eigenvalue weighted by molar-refractivity contribution is 6.30. The minimum Gasteiger partial charge on any atom is -0.335 e. The van der Waals surface area contributed by atoms with Crippen molar-refractivity contribution in [3.05, 3.63) is 75.8 Å². The number of anilines is 1. The van der Waals surface area contributed by atoms with Gasteiger partial charge < -0.3 is 9.42 Å². The van der Waals surface area contributed by atoms with E-state index in [1.807, 2.05) is 24.3 Å². The van der Waals surface area contributed by atoms with Crippen molar-refractivity contribution in [1.29, 1.82) is 0 Å². The number of nitrogens with zero attached hydrogens (tertiary/aromatic N) is 4. The van der Waals surface area contributed by atoms with Gasteiger partial charge in [-0.15, -0.1) is 0 Å². The standard InChI is InChI=1S/C23H19ClN4O3/c1-14(22(29)27-12-4-6-15-5-2-3-7-18(15)27)28-13-25-21-19(23(28)30)20(26-31-21)16-8-10-17(24)11-9-16/h2-3,5,7-11,13-14H,4,6,12H2,1H3. The number of amides is 1. The van der Waals surface area contributed by atoms with Gasteiger partial charge in [0.1, 0.15) is 23.4 Å². The summed E-state index contributed by atoms with van der Waals surface area (Å²) in [6.45, 7) is 2.33. The van der Waals surface area contributed by atoms with Gasteiger partial charge in [-0.3, -0.25) is 14.2 Å². The van der Waals surface area contributed by atoms with Crippen molar-refractivity contribution < 1.29 is 9.32 Å². The van der Waals surface area contributed by atoms with Crippen LogP contribution >= 0.6 is 11.6 Å². The summed E-state index contributed by atoms with van der Waals surface area (Å²) in [5.41, 5.74) is 2.86. The quantitative estimate of drug-likeness (QED) is 0.481. The van der Waals surface area contributed by atoms with E-state index in [4.69, 9.17) is 16.1 Å². The van der Waals surface area contributed by atoms with Crippen LogP contribution in [-0.4, -0.2) is 27.2 Å². The number of carbonyl (C=O) groups excluding carboxylic acids is 1. The number of para-hydroxylation sites is 1. The third kappa shape index (κ3) is 3.31. The molecule has 8 heteroatoms. The fraction of sp³-hybridized carbons (Fsp3) is 0.217. The van der Waals surface area contributed by atoms with Crippen LogP contribution in [0.2, 0.25) is 5.02 Å². The van der Waals surface area contributed by atoms with Crippen LogP contribution in [0.4, 0.5) is 5.69 Å². The number of carbonyl (C=O) groups is 1. The van der Waals surface area contributed by atoms with Gasteiger partial charge in [0, 0.05) is 22.8 Å². The minimum absolute atomic E-state index is 0.133. The van der Waals surface area contributed by atoms with E-state index < -0.39 is 6.04 Å². The maximum absolute atomic E-state index is 13.4. The smallest absolute Gasteiger partial charge is 0.267 e. The van der Waals surface area contributed by atoms with Crippen LogP contribution in [0, 0.1) is 0 Å². The number of fused-ring (bicyclic) bond motifs is 2. The van der Waals surface area contributed by atoms with Crippen LogP contribution in [0.5, 0.6) is 0 Å². The molecule has 0 radical (unpaired) electrons. The molecule has 0 fully saturated rings. The third-order valence-corrected chi connectivity index (χ3v) is 5.94. The van der Waals surface area contributed by atoms with Crippen LogP contribution in [0.15, 0.2) is 64.2 Å². The molecule has 0 bridgehead atoms. The van der Waals surface area contributed by atoms with Gasteiger partial charge in [0.05, 0.1) is 0 Å². The number of aromatic nitrogens is 3. The second-order valence-electron chi connectivity index (χ2n) is 7.57. The summed E-state index contributed by atoms with van der Waals surface area (Å²) in [6, 6.07) is 14.1. The largest absolute Gasteiger partial charge is 0.335 e. The van der Waals surface area contributed by atoms with E-state index in [0.29, 0.717) is 22.8 Å². The summed E-state index contributed by atoms with van der Waals surface area (Å²) in [5.74, 6) is -0.153. The summed E-state index contributed by atoms with van der Waals surface area (Å²) < 4.78 is 6.62. The van der Waals surface area contributed by atoms with Crippen LogP contribution < -0.4 is 10.5 Å². The first-order chi connectivity index (χ1) is 15.0. The number of benzene rings is 2. The topological polar surface area (TPSA) is 81.2 Å². The molecule has 2 aromatic carbocycles. The molecule has 1 aliphatic rings. The normalized spacial score (nSPS) is 14.5. The Morgan fingerprint density at radius 2 is 1.94 bits per heavy atom. The second-order valence-corrected chi connectivity index (χ2v) is 8.01. The zero-order valence-corrected chi connectivity index (χ0v) is 17.5. The Morgan fingerprint density at radius 1 is 1.16 bits per heavy atom. The van der Waals surface area contributed by atoms with Crippen molar-refractivity contribution in [3.63, 3.8) is 0 Å². The molecule has 0 saturated heterocycles. The fourth-order valence-corrected chi connectivity index (χ4v) is 4.17. The van der Waals surface area contributed by atoms with Gasteiger partial charge in [-0.05, 0) is 43.5 Å². The molecule has 0 spiro atoms. The molecule has 1 amide bonds. The first-order valence-electron chi connectivity index (χ1n) is 10.1. The van der Waals surface area contributed by atoms with E-state index in [9.17, 15) is 9.59 Å². The zero-order valence-electron chi connectivity index (χ0n) is 16.8. The van der Waals surface area contributed by atoms with Crippen molar-refractivity contribution >= 4 is 34.3 Å². The number of hydrogen-bond acceptors (Lipinski definition) is 5. The second kappa shape index (κ2) is 7.67. The molecule has 4 aromatic rings. The van der Waals surface area contributed by atoms with Gasteiger partial charge in [0.2, 0.25) is 5.91 Å². The van der Waals surface area contributed by atoms with Crippen molar-refractivity contribution in [2.75, 3.05) is 11.4 Å². The highest BCUT2D eigenvalue weighted by atomic mass is 35.5. The van der Waals surface area contributed by atoms with Crippen molar-refractivity contribution in [3.8, 4) is 11.3 Å². The van der Waals surface area contributed by atoms with Crippen LogP contribution in [0.25, 0.3) is 22.4 Å². The molecule has 3 heterocycles. The monoisotopic (exact) mass is 434 g/mol. The lowest BCUT2D eigenvalue weighted by atomic mass is 10.0. The Morgan fingerprint density at radius 3 is 2.74 bits per heavy atom. The van der Waals surface area contributed by atoms with Crippen LogP contribution in [-0.2, 0) is 11.2 Å². The molecule has 1 atom stereocenters. The lowest BCUT2D eigenvalue weighted by Gasteiger charge is -2.31. The Labute approximate surface area is 182 Å². The highest BCUT2D eigenvalue weighted by Gasteiger charge is 2.29. The number of aryl methyl sites for hydroxylation is 1. The first kappa shape index (κ1) is 19.5. The summed E-state index contributed by atoms with van der Waals surface area (Å²) in [5, 5.41) is 4.85. The Balaban J connectivity index is 1.56. The highest BCUT2D eigenvalue weighted by Crippen LogP contribution is 2.29. The van der Waals surface area contributed by atoms with E-state index in [1.54, 1.807) is 36.1 Å². The van der Waals surface area contributed by atoms with Crippen molar-refractivity contribution in [2.45, 2.75) is 25.8 Å². The maximum atomic E-state index is 13.4. The molecule has 156 valence electrons. The van der Waals surface area contributed by atoms with E-state index in [-0.39, 0.29) is 22.6 Å². The van der Waals surface area contributed by atoms with E-state index in [0.717, 1.165) is 24.1 Å². The first-order valence-corrected chi connectivity index (χ1v) is 10.4. The maximum Gasteiger partial charge on any atom is 0.267 e. The molecular weight excluding hydrogens is 416 g/mol. The molecule has 31 heavy (non-hydrogen) atoms. The zero-order chi connectivity index (χ0) is 21.5. The number of halogens is 1. The van der Waals surface area contributed by atoms with Gasteiger partial charge in [0.25, 0.3) is 11.3 Å². The van der Waals surface area contributed by atoms with Gasteiger partial charge in [-0.1, -0.05) is 47.1 Å². The lowest BCUT2D eigenvalue weighted by Crippen LogP contribution is -2.42. The van der Waals surface area contributed by atoms with Gasteiger partial charge in [-0.25, -0.2) is 4.98 Å². The summed E-state index contributed by atoms with van der Waals surface area (Å²) in [4.78, 5) is 32.7.